The van der Waals surface area contributed by atoms with Crippen molar-refractivity contribution in [1.82, 2.24) is 20.0 Å². The molecule has 0 aromatic carbocycles. The Labute approximate surface area is 174 Å². The summed E-state index contributed by atoms with van der Waals surface area (Å²) in [4.78, 5) is 34.3. The van der Waals surface area contributed by atoms with E-state index in [1.54, 1.807) is 11.9 Å². The minimum Gasteiger partial charge on any atom is -0.450 e. The average Bonchev–Trinajstić information content (AvgIpc) is 2.68. The molecule has 9 heteroatoms. The van der Waals surface area contributed by atoms with E-state index in [9.17, 15) is 9.59 Å². The number of nitrogens with one attached hydrogen (secondary N) is 1. The Morgan fingerprint density at radius 1 is 1.03 bits per heavy atom. The highest BCUT2D eigenvalue weighted by molar-refractivity contribution is 5.80. The van der Waals surface area contributed by atoms with Crippen molar-refractivity contribution in [2.45, 2.75) is 46.1 Å². The lowest BCUT2D eigenvalue weighted by Gasteiger charge is -2.37. The smallest absolute Gasteiger partial charge is 0.410 e. The highest BCUT2D eigenvalue weighted by Gasteiger charge is 2.28. The molecule has 2 amide bonds. The van der Waals surface area contributed by atoms with E-state index in [0.29, 0.717) is 45.2 Å². The van der Waals surface area contributed by atoms with Crippen molar-refractivity contribution in [2.24, 2.45) is 10.9 Å². The molecule has 2 aliphatic rings. The van der Waals surface area contributed by atoms with Crippen molar-refractivity contribution in [2.75, 3.05) is 59.5 Å². The van der Waals surface area contributed by atoms with Gasteiger partial charge in [-0.25, -0.2) is 9.59 Å². The number of likely N-dealkylation sites (tertiary alicyclic amines) is 1. The summed E-state index contributed by atoms with van der Waals surface area (Å²) >= 11 is 0. The highest BCUT2D eigenvalue weighted by Crippen LogP contribution is 2.19. The fourth-order valence-corrected chi connectivity index (χ4v) is 3.61. The van der Waals surface area contributed by atoms with Crippen molar-refractivity contribution >= 4 is 18.1 Å². The molecule has 2 saturated heterocycles. The van der Waals surface area contributed by atoms with E-state index in [1.807, 2.05) is 32.6 Å². The molecule has 0 spiro atoms. The van der Waals surface area contributed by atoms with Crippen LogP contribution in [0.2, 0.25) is 0 Å². The SMILES string of the molecule is CCOC(=O)N1CCN(C(=NC)NCC2CCCN(C(=O)OC(C)(C)C)C2)CC1. The van der Waals surface area contributed by atoms with Gasteiger partial charge in [0.05, 0.1) is 6.61 Å². The van der Waals surface area contributed by atoms with Gasteiger partial charge in [-0.05, 0) is 46.5 Å². The number of ether oxygens (including phenoxy) is 2. The third-order valence-electron chi connectivity index (χ3n) is 5.04. The second-order valence-corrected chi connectivity index (χ2v) is 8.54. The van der Waals surface area contributed by atoms with Gasteiger partial charge in [-0.1, -0.05) is 0 Å². The third kappa shape index (κ3) is 7.29. The molecule has 2 rings (SSSR count). The summed E-state index contributed by atoms with van der Waals surface area (Å²) in [5.41, 5.74) is -0.476. The van der Waals surface area contributed by atoms with Gasteiger partial charge in [-0.15, -0.1) is 0 Å². The Balaban J connectivity index is 1.79. The van der Waals surface area contributed by atoms with Gasteiger partial charge in [-0.2, -0.15) is 0 Å². The van der Waals surface area contributed by atoms with Crippen LogP contribution in [0.5, 0.6) is 0 Å². The van der Waals surface area contributed by atoms with Gasteiger partial charge in [0, 0.05) is 52.9 Å². The summed E-state index contributed by atoms with van der Waals surface area (Å²) in [5, 5.41) is 3.45. The summed E-state index contributed by atoms with van der Waals surface area (Å²) in [5.74, 6) is 1.19. The molecule has 166 valence electrons. The van der Waals surface area contributed by atoms with Crippen molar-refractivity contribution in [3.05, 3.63) is 0 Å². The molecular weight excluding hydrogens is 374 g/mol. The van der Waals surface area contributed by atoms with Crippen molar-refractivity contribution in [1.29, 1.82) is 0 Å². The number of hydrogen-bond donors (Lipinski definition) is 1. The van der Waals surface area contributed by atoms with Gasteiger partial charge < -0.3 is 29.5 Å². The molecule has 2 aliphatic heterocycles. The molecule has 0 radical (unpaired) electrons. The summed E-state index contributed by atoms with van der Waals surface area (Å²) in [6.45, 7) is 12.7. The highest BCUT2D eigenvalue weighted by atomic mass is 16.6. The van der Waals surface area contributed by atoms with Gasteiger partial charge in [0.1, 0.15) is 5.60 Å². The number of guanidine groups is 1. The van der Waals surface area contributed by atoms with Crippen LogP contribution in [0, 0.1) is 5.92 Å². The van der Waals surface area contributed by atoms with Crippen molar-refractivity contribution in [3.63, 3.8) is 0 Å². The largest absolute Gasteiger partial charge is 0.450 e. The monoisotopic (exact) mass is 411 g/mol. The van der Waals surface area contributed by atoms with Crippen LogP contribution in [0.1, 0.15) is 40.5 Å². The van der Waals surface area contributed by atoms with Crippen LogP contribution < -0.4 is 5.32 Å². The number of aliphatic imine (C=N–C) groups is 1. The lowest BCUT2D eigenvalue weighted by atomic mass is 9.98. The number of rotatable bonds is 3. The predicted molar refractivity (Wildman–Crippen MR) is 112 cm³/mol. The summed E-state index contributed by atoms with van der Waals surface area (Å²) in [6.07, 6.45) is 1.56. The molecule has 1 unspecified atom stereocenters. The molecule has 1 atom stereocenters. The number of carbonyl (C=O) groups excluding carboxylic acids is 2. The van der Waals surface area contributed by atoms with Gasteiger partial charge in [0.25, 0.3) is 0 Å². The molecule has 1 N–H and O–H groups in total. The minimum absolute atomic E-state index is 0.235. The summed E-state index contributed by atoms with van der Waals surface area (Å²) in [7, 11) is 1.77. The van der Waals surface area contributed by atoms with E-state index in [1.165, 1.54) is 0 Å². The van der Waals surface area contributed by atoms with Crippen LogP contribution in [0.3, 0.4) is 0 Å². The molecule has 0 bridgehead atoms. The van der Waals surface area contributed by atoms with Gasteiger partial charge >= 0.3 is 12.2 Å². The van der Waals surface area contributed by atoms with Crippen LogP contribution >= 0.6 is 0 Å². The minimum atomic E-state index is -0.476. The molecule has 0 saturated carbocycles. The number of piperidine rings is 1. The van der Waals surface area contributed by atoms with Crippen molar-refractivity contribution in [3.8, 4) is 0 Å². The number of amides is 2. The topological polar surface area (TPSA) is 86.7 Å². The van der Waals surface area contributed by atoms with Crippen LogP contribution in [0.15, 0.2) is 4.99 Å². The van der Waals surface area contributed by atoms with E-state index in [2.05, 4.69) is 15.2 Å². The zero-order chi connectivity index (χ0) is 21.4. The number of hydrogen-bond acceptors (Lipinski definition) is 5. The van der Waals surface area contributed by atoms with E-state index >= 15 is 0 Å². The van der Waals surface area contributed by atoms with E-state index < -0.39 is 5.60 Å². The maximum absolute atomic E-state index is 12.3. The normalized spacial score (nSPS) is 21.1. The zero-order valence-corrected chi connectivity index (χ0v) is 18.6. The van der Waals surface area contributed by atoms with Crippen molar-refractivity contribution < 1.29 is 19.1 Å². The number of carbonyl (C=O) groups is 2. The number of nitrogens with zero attached hydrogens (tertiary/aromatic N) is 4. The predicted octanol–water partition coefficient (Wildman–Crippen LogP) is 1.98. The third-order valence-corrected chi connectivity index (χ3v) is 5.04. The zero-order valence-electron chi connectivity index (χ0n) is 18.6. The second-order valence-electron chi connectivity index (χ2n) is 8.54. The molecule has 29 heavy (non-hydrogen) atoms. The first-order valence-electron chi connectivity index (χ1n) is 10.6. The molecule has 0 aliphatic carbocycles. The summed E-state index contributed by atoms with van der Waals surface area (Å²) < 4.78 is 10.6. The van der Waals surface area contributed by atoms with Crippen LogP contribution in [0.25, 0.3) is 0 Å². The van der Waals surface area contributed by atoms with E-state index in [-0.39, 0.29) is 12.2 Å². The molecule has 0 aromatic heterocycles. The summed E-state index contributed by atoms with van der Waals surface area (Å²) in [6, 6.07) is 0. The molecule has 2 heterocycles. The first kappa shape index (κ1) is 23.1. The Bertz CT molecular complexity index is 582. The Kier molecular flexibility index (Phi) is 8.40. The molecule has 2 fully saturated rings. The van der Waals surface area contributed by atoms with Crippen LogP contribution in [-0.2, 0) is 9.47 Å². The van der Waals surface area contributed by atoms with E-state index in [4.69, 9.17) is 9.47 Å². The quantitative estimate of drug-likeness (QED) is 0.565. The Morgan fingerprint density at radius 3 is 2.28 bits per heavy atom. The Morgan fingerprint density at radius 2 is 1.69 bits per heavy atom. The maximum atomic E-state index is 12.3. The maximum Gasteiger partial charge on any atom is 0.410 e. The molecular formula is C20H37N5O4. The number of piperazine rings is 1. The molecule has 9 nitrogen and oxygen atoms in total. The Hall–Kier alpha value is -2.19. The molecule has 0 aromatic rings. The van der Waals surface area contributed by atoms with Crippen LogP contribution in [0.4, 0.5) is 9.59 Å². The second kappa shape index (κ2) is 10.5. The standard InChI is InChI=1S/C20H37N5O4/c1-6-28-18(26)24-12-10-23(11-13-24)17(21-5)22-14-16-8-7-9-25(15-16)19(27)29-20(2,3)4/h16H,6-15H2,1-5H3,(H,21,22). The lowest BCUT2D eigenvalue weighted by molar-refractivity contribution is 0.0168. The van der Waals surface area contributed by atoms with Gasteiger partial charge in [0.2, 0.25) is 0 Å². The van der Waals surface area contributed by atoms with Gasteiger partial charge in [-0.3, -0.25) is 4.99 Å². The average molecular weight is 412 g/mol. The van der Waals surface area contributed by atoms with E-state index in [0.717, 1.165) is 31.9 Å². The van der Waals surface area contributed by atoms with Crippen LogP contribution in [-0.4, -0.2) is 97.9 Å². The fraction of sp³-hybridized carbons (Fsp3) is 0.850. The first-order chi connectivity index (χ1) is 13.7. The fourth-order valence-electron chi connectivity index (χ4n) is 3.61. The van der Waals surface area contributed by atoms with Gasteiger partial charge in [0.15, 0.2) is 5.96 Å². The first-order valence-corrected chi connectivity index (χ1v) is 10.6. The lowest BCUT2D eigenvalue weighted by Crippen LogP contribution is -2.54.